The standard InChI is InChI=1S/C10H6ClN3O2/c11-9-8(6-2-1-3-12-4-6)14-7(5-13-9)10(15)16/h1-5H,(H,15,16). The monoisotopic (exact) mass is 235 g/mol. The normalized spacial score (nSPS) is 10.1. The fraction of sp³-hybridized carbons (Fsp3) is 0. The van der Waals surface area contributed by atoms with Gasteiger partial charge in [0.25, 0.3) is 0 Å². The minimum atomic E-state index is -1.14. The van der Waals surface area contributed by atoms with Crippen molar-refractivity contribution in [2.75, 3.05) is 0 Å². The van der Waals surface area contributed by atoms with E-state index in [4.69, 9.17) is 16.7 Å². The van der Waals surface area contributed by atoms with Crippen LogP contribution in [0.25, 0.3) is 11.3 Å². The van der Waals surface area contributed by atoms with E-state index in [9.17, 15) is 4.79 Å². The van der Waals surface area contributed by atoms with Crippen molar-refractivity contribution in [3.05, 3.63) is 41.6 Å². The Bertz CT molecular complexity index is 531. The van der Waals surface area contributed by atoms with Crippen LogP contribution in [-0.4, -0.2) is 26.0 Å². The fourth-order valence-electron chi connectivity index (χ4n) is 1.16. The fourth-order valence-corrected chi connectivity index (χ4v) is 1.36. The molecule has 5 nitrogen and oxygen atoms in total. The number of pyridine rings is 1. The molecule has 0 aromatic carbocycles. The first-order valence-corrected chi connectivity index (χ1v) is 4.72. The van der Waals surface area contributed by atoms with Crippen LogP contribution in [0.1, 0.15) is 10.5 Å². The third-order valence-electron chi connectivity index (χ3n) is 1.88. The minimum absolute atomic E-state index is 0.150. The lowest BCUT2D eigenvalue weighted by Gasteiger charge is -2.02. The van der Waals surface area contributed by atoms with Crippen molar-refractivity contribution in [1.82, 2.24) is 15.0 Å². The number of aromatic carboxylic acids is 1. The Morgan fingerprint density at radius 3 is 2.81 bits per heavy atom. The van der Waals surface area contributed by atoms with Crippen LogP contribution >= 0.6 is 11.6 Å². The van der Waals surface area contributed by atoms with Crippen molar-refractivity contribution in [2.24, 2.45) is 0 Å². The summed E-state index contributed by atoms with van der Waals surface area (Å²) in [5.74, 6) is -1.14. The zero-order valence-electron chi connectivity index (χ0n) is 7.96. The molecule has 0 bridgehead atoms. The molecule has 0 aliphatic carbocycles. The highest BCUT2D eigenvalue weighted by Gasteiger charge is 2.11. The summed E-state index contributed by atoms with van der Waals surface area (Å²) in [4.78, 5) is 22.3. The molecule has 0 saturated carbocycles. The topological polar surface area (TPSA) is 76.0 Å². The molecule has 2 aromatic heterocycles. The summed E-state index contributed by atoms with van der Waals surface area (Å²) in [5.41, 5.74) is 0.793. The Morgan fingerprint density at radius 2 is 2.19 bits per heavy atom. The number of aromatic nitrogens is 3. The maximum Gasteiger partial charge on any atom is 0.356 e. The van der Waals surface area contributed by atoms with E-state index < -0.39 is 5.97 Å². The average Bonchev–Trinajstić information content (AvgIpc) is 2.30. The number of carbonyl (C=O) groups is 1. The van der Waals surface area contributed by atoms with Crippen molar-refractivity contribution in [1.29, 1.82) is 0 Å². The molecular weight excluding hydrogens is 230 g/mol. The smallest absolute Gasteiger partial charge is 0.356 e. The minimum Gasteiger partial charge on any atom is -0.476 e. The molecule has 0 aliphatic rings. The zero-order chi connectivity index (χ0) is 11.5. The Labute approximate surface area is 95.8 Å². The van der Waals surface area contributed by atoms with Gasteiger partial charge in [0, 0.05) is 18.0 Å². The molecule has 6 heteroatoms. The van der Waals surface area contributed by atoms with Gasteiger partial charge in [0.15, 0.2) is 10.8 Å². The lowest BCUT2D eigenvalue weighted by molar-refractivity contribution is 0.0690. The molecule has 0 aliphatic heterocycles. The van der Waals surface area contributed by atoms with E-state index >= 15 is 0 Å². The molecule has 2 heterocycles. The molecule has 0 saturated heterocycles. The van der Waals surface area contributed by atoms with Crippen molar-refractivity contribution in [2.45, 2.75) is 0 Å². The van der Waals surface area contributed by atoms with Gasteiger partial charge in [-0.15, -0.1) is 0 Å². The second kappa shape index (κ2) is 4.24. The number of nitrogens with zero attached hydrogens (tertiary/aromatic N) is 3. The van der Waals surface area contributed by atoms with Gasteiger partial charge >= 0.3 is 5.97 Å². The highest BCUT2D eigenvalue weighted by Crippen LogP contribution is 2.22. The van der Waals surface area contributed by atoms with Crippen molar-refractivity contribution in [3.8, 4) is 11.3 Å². The van der Waals surface area contributed by atoms with E-state index in [1.165, 1.54) is 0 Å². The quantitative estimate of drug-likeness (QED) is 0.860. The molecule has 2 rings (SSSR count). The molecular formula is C10H6ClN3O2. The first kappa shape index (κ1) is 10.5. The first-order valence-electron chi connectivity index (χ1n) is 4.34. The van der Waals surface area contributed by atoms with E-state index in [1.54, 1.807) is 24.5 Å². The average molecular weight is 236 g/mol. The van der Waals surface area contributed by atoms with Gasteiger partial charge in [-0.25, -0.2) is 14.8 Å². The third kappa shape index (κ3) is 1.99. The summed E-state index contributed by atoms with van der Waals surface area (Å²) < 4.78 is 0. The number of hydrogen-bond donors (Lipinski definition) is 1. The van der Waals surface area contributed by atoms with Crippen LogP contribution in [0.15, 0.2) is 30.7 Å². The van der Waals surface area contributed by atoms with Crippen LogP contribution < -0.4 is 0 Å². The molecule has 0 fully saturated rings. The predicted octanol–water partition coefficient (Wildman–Crippen LogP) is 1.89. The second-order valence-corrected chi connectivity index (χ2v) is 3.30. The third-order valence-corrected chi connectivity index (χ3v) is 2.16. The molecule has 16 heavy (non-hydrogen) atoms. The van der Waals surface area contributed by atoms with Crippen molar-refractivity contribution >= 4 is 17.6 Å². The lowest BCUT2D eigenvalue weighted by atomic mass is 10.2. The van der Waals surface area contributed by atoms with E-state index in [2.05, 4.69) is 15.0 Å². The van der Waals surface area contributed by atoms with E-state index in [1.807, 2.05) is 0 Å². The molecule has 0 unspecified atom stereocenters. The highest BCUT2D eigenvalue weighted by molar-refractivity contribution is 6.31. The number of halogens is 1. The molecule has 1 N–H and O–H groups in total. The SMILES string of the molecule is O=C(O)c1cnc(Cl)c(-c2cccnc2)n1. The summed E-state index contributed by atoms with van der Waals surface area (Å²) >= 11 is 5.84. The highest BCUT2D eigenvalue weighted by atomic mass is 35.5. The predicted molar refractivity (Wildman–Crippen MR) is 57.2 cm³/mol. The van der Waals surface area contributed by atoms with Gasteiger partial charge in [-0.3, -0.25) is 4.98 Å². The summed E-state index contributed by atoms with van der Waals surface area (Å²) in [6.45, 7) is 0. The van der Waals surface area contributed by atoms with Crippen molar-refractivity contribution in [3.63, 3.8) is 0 Å². The van der Waals surface area contributed by atoms with Gasteiger partial charge in [0.05, 0.1) is 6.20 Å². The van der Waals surface area contributed by atoms with Crippen molar-refractivity contribution < 1.29 is 9.90 Å². The number of carboxylic acids is 1. The molecule has 0 atom stereocenters. The van der Waals surface area contributed by atoms with Gasteiger partial charge in [0.1, 0.15) is 5.69 Å². The molecule has 0 radical (unpaired) electrons. The maximum absolute atomic E-state index is 10.7. The molecule has 2 aromatic rings. The van der Waals surface area contributed by atoms with Crippen LogP contribution in [0.4, 0.5) is 0 Å². The van der Waals surface area contributed by atoms with Crippen LogP contribution in [-0.2, 0) is 0 Å². The van der Waals surface area contributed by atoms with Crippen LogP contribution in [0.2, 0.25) is 5.15 Å². The summed E-state index contributed by atoms with van der Waals surface area (Å²) in [6, 6.07) is 3.44. The summed E-state index contributed by atoms with van der Waals surface area (Å²) in [5, 5.41) is 8.94. The van der Waals surface area contributed by atoms with Crippen LogP contribution in [0, 0.1) is 0 Å². The summed E-state index contributed by atoms with van der Waals surface area (Å²) in [7, 11) is 0. The Kier molecular flexibility index (Phi) is 2.78. The Hall–Kier alpha value is -2.01. The molecule has 0 amide bonds. The number of carboxylic acid groups (broad SMARTS) is 1. The molecule has 80 valence electrons. The largest absolute Gasteiger partial charge is 0.476 e. The summed E-state index contributed by atoms with van der Waals surface area (Å²) in [6.07, 6.45) is 4.26. The van der Waals surface area contributed by atoms with Gasteiger partial charge in [0.2, 0.25) is 0 Å². The maximum atomic E-state index is 10.7. The number of rotatable bonds is 2. The van der Waals surface area contributed by atoms with Crippen LogP contribution in [0.5, 0.6) is 0 Å². The van der Waals surface area contributed by atoms with Gasteiger partial charge < -0.3 is 5.11 Å². The van der Waals surface area contributed by atoms with Gasteiger partial charge in [-0.05, 0) is 12.1 Å². The Morgan fingerprint density at radius 1 is 1.38 bits per heavy atom. The van der Waals surface area contributed by atoms with E-state index in [0.29, 0.717) is 11.3 Å². The Balaban J connectivity index is 2.56. The second-order valence-electron chi connectivity index (χ2n) is 2.94. The van der Waals surface area contributed by atoms with Gasteiger partial charge in [-0.2, -0.15) is 0 Å². The van der Waals surface area contributed by atoms with E-state index in [-0.39, 0.29) is 10.8 Å². The van der Waals surface area contributed by atoms with Crippen LogP contribution in [0.3, 0.4) is 0 Å². The number of hydrogen-bond acceptors (Lipinski definition) is 4. The van der Waals surface area contributed by atoms with E-state index in [0.717, 1.165) is 6.20 Å². The lowest BCUT2D eigenvalue weighted by Crippen LogP contribution is -2.03. The first-order chi connectivity index (χ1) is 7.68. The zero-order valence-corrected chi connectivity index (χ0v) is 8.72. The molecule has 0 spiro atoms. The van der Waals surface area contributed by atoms with Gasteiger partial charge in [-0.1, -0.05) is 11.6 Å².